The molecular formula is C12H15N5O3S. The Labute approximate surface area is 125 Å². The third kappa shape index (κ3) is 2.97. The minimum atomic E-state index is -0.748. The van der Waals surface area contributed by atoms with E-state index in [0.29, 0.717) is 13.1 Å². The zero-order valence-electron chi connectivity index (χ0n) is 11.2. The number of urea groups is 1. The third-order valence-corrected chi connectivity index (χ3v) is 4.39. The van der Waals surface area contributed by atoms with Gasteiger partial charge in [0.05, 0.1) is 6.42 Å². The lowest BCUT2D eigenvalue weighted by atomic mass is 10.2. The van der Waals surface area contributed by atoms with E-state index in [-0.39, 0.29) is 12.3 Å². The minimum absolute atomic E-state index is 0.00876. The predicted molar refractivity (Wildman–Crippen MR) is 76.0 cm³/mol. The second kappa shape index (κ2) is 5.68. The summed E-state index contributed by atoms with van der Waals surface area (Å²) in [6, 6.07) is -1.28. The van der Waals surface area contributed by atoms with Crippen LogP contribution >= 0.6 is 11.3 Å². The summed E-state index contributed by atoms with van der Waals surface area (Å²) in [5.41, 5.74) is 0. The fraction of sp³-hybridized carbons (Fsp3) is 0.500. The van der Waals surface area contributed by atoms with E-state index in [2.05, 4.69) is 20.5 Å². The molecule has 0 unspecified atom stereocenters. The monoisotopic (exact) mass is 309 g/mol. The molecule has 2 aliphatic heterocycles. The van der Waals surface area contributed by atoms with E-state index < -0.39 is 18.0 Å². The molecule has 112 valence electrons. The van der Waals surface area contributed by atoms with Gasteiger partial charge in [0, 0.05) is 37.8 Å². The molecule has 21 heavy (non-hydrogen) atoms. The maximum Gasteiger partial charge on any atom is 0.322 e. The number of nitrogens with one attached hydrogen (secondary N) is 2. The van der Waals surface area contributed by atoms with E-state index >= 15 is 0 Å². The largest absolute Gasteiger partial charge is 0.345 e. The SMILES string of the molecule is O=C1NC(=O)[C@@H](CC(=O)N2CCN(c3nccs3)CC2)N1. The van der Waals surface area contributed by atoms with Gasteiger partial charge < -0.3 is 15.1 Å². The van der Waals surface area contributed by atoms with Crippen molar-refractivity contribution < 1.29 is 14.4 Å². The molecule has 1 aromatic rings. The van der Waals surface area contributed by atoms with Gasteiger partial charge in [-0.3, -0.25) is 14.9 Å². The van der Waals surface area contributed by atoms with Gasteiger partial charge in [-0.1, -0.05) is 0 Å². The highest BCUT2D eigenvalue weighted by Crippen LogP contribution is 2.19. The third-order valence-electron chi connectivity index (χ3n) is 3.56. The number of hydrogen-bond donors (Lipinski definition) is 2. The summed E-state index contributed by atoms with van der Waals surface area (Å²) < 4.78 is 0. The molecule has 3 rings (SSSR count). The number of aromatic nitrogens is 1. The lowest BCUT2D eigenvalue weighted by molar-refractivity contribution is -0.134. The van der Waals surface area contributed by atoms with Gasteiger partial charge in [-0.15, -0.1) is 11.3 Å². The number of amides is 4. The number of anilines is 1. The van der Waals surface area contributed by atoms with Crippen LogP contribution in [0, 0.1) is 0 Å². The molecule has 8 nitrogen and oxygen atoms in total. The fourth-order valence-corrected chi connectivity index (χ4v) is 3.12. The second-order valence-electron chi connectivity index (χ2n) is 4.90. The summed E-state index contributed by atoms with van der Waals surface area (Å²) in [5.74, 6) is -0.550. The van der Waals surface area contributed by atoms with Crippen molar-refractivity contribution in [3.63, 3.8) is 0 Å². The fourth-order valence-electron chi connectivity index (χ4n) is 2.43. The zero-order valence-corrected chi connectivity index (χ0v) is 12.1. The van der Waals surface area contributed by atoms with E-state index in [4.69, 9.17) is 0 Å². The van der Waals surface area contributed by atoms with E-state index in [1.54, 1.807) is 22.4 Å². The van der Waals surface area contributed by atoms with Crippen molar-refractivity contribution in [3.05, 3.63) is 11.6 Å². The maximum absolute atomic E-state index is 12.2. The standard InChI is InChI=1S/C12H15N5O3S/c18-9(7-8-10(19)15-11(20)14-8)16-2-4-17(5-3-16)12-13-1-6-21-12/h1,6,8H,2-5,7H2,(H2,14,15,19,20)/t8-/m1/s1. The highest BCUT2D eigenvalue weighted by Gasteiger charge is 2.33. The van der Waals surface area contributed by atoms with E-state index in [0.717, 1.165) is 18.2 Å². The Kier molecular flexibility index (Phi) is 3.74. The van der Waals surface area contributed by atoms with Gasteiger partial charge in [-0.2, -0.15) is 0 Å². The van der Waals surface area contributed by atoms with E-state index in [9.17, 15) is 14.4 Å². The lowest BCUT2D eigenvalue weighted by Gasteiger charge is -2.34. The van der Waals surface area contributed by atoms with Crippen LogP contribution in [-0.2, 0) is 9.59 Å². The molecule has 0 aliphatic carbocycles. The number of carbonyl (C=O) groups is 3. The number of rotatable bonds is 3. The first-order chi connectivity index (χ1) is 10.1. The average Bonchev–Trinajstić information content (AvgIpc) is 3.10. The molecule has 0 saturated carbocycles. The van der Waals surface area contributed by atoms with Gasteiger partial charge in [0.2, 0.25) is 5.91 Å². The zero-order chi connectivity index (χ0) is 14.8. The van der Waals surface area contributed by atoms with Gasteiger partial charge >= 0.3 is 6.03 Å². The molecule has 1 atom stereocenters. The van der Waals surface area contributed by atoms with Gasteiger partial charge in [0.1, 0.15) is 6.04 Å². The number of hydrogen-bond acceptors (Lipinski definition) is 6. The van der Waals surface area contributed by atoms with Crippen molar-refractivity contribution in [2.24, 2.45) is 0 Å². The van der Waals surface area contributed by atoms with Crippen LogP contribution in [0.3, 0.4) is 0 Å². The van der Waals surface area contributed by atoms with Crippen LogP contribution in [0.5, 0.6) is 0 Å². The van der Waals surface area contributed by atoms with Crippen LogP contribution in [0.2, 0.25) is 0 Å². The van der Waals surface area contributed by atoms with Crippen molar-refractivity contribution in [1.82, 2.24) is 20.5 Å². The molecule has 9 heteroatoms. The molecule has 4 amide bonds. The lowest BCUT2D eigenvalue weighted by Crippen LogP contribution is -2.50. The molecule has 2 N–H and O–H groups in total. The predicted octanol–water partition coefficient (Wildman–Crippen LogP) is -0.610. The van der Waals surface area contributed by atoms with Crippen molar-refractivity contribution in [3.8, 4) is 0 Å². The Morgan fingerprint density at radius 2 is 2.10 bits per heavy atom. The number of piperazine rings is 1. The highest BCUT2D eigenvalue weighted by molar-refractivity contribution is 7.13. The van der Waals surface area contributed by atoms with E-state index in [1.165, 1.54) is 0 Å². The summed E-state index contributed by atoms with van der Waals surface area (Å²) in [4.78, 5) is 42.7. The number of nitrogens with zero attached hydrogens (tertiary/aromatic N) is 3. The Hall–Kier alpha value is -2.16. The summed E-state index contributed by atoms with van der Waals surface area (Å²) in [6.07, 6.45) is 1.77. The molecule has 2 saturated heterocycles. The Morgan fingerprint density at radius 3 is 2.67 bits per heavy atom. The van der Waals surface area contributed by atoms with Gasteiger partial charge in [-0.05, 0) is 0 Å². The molecule has 2 aliphatic rings. The first-order valence-corrected chi connectivity index (χ1v) is 7.55. The average molecular weight is 309 g/mol. The Bertz CT molecular complexity index is 553. The maximum atomic E-state index is 12.2. The van der Waals surface area contributed by atoms with Gasteiger partial charge in [0.25, 0.3) is 5.91 Å². The minimum Gasteiger partial charge on any atom is -0.345 e. The van der Waals surface area contributed by atoms with Crippen molar-refractivity contribution in [2.45, 2.75) is 12.5 Å². The van der Waals surface area contributed by atoms with Crippen LogP contribution in [0.1, 0.15) is 6.42 Å². The first kappa shape index (κ1) is 13.8. The molecule has 3 heterocycles. The molecule has 0 bridgehead atoms. The molecule has 0 spiro atoms. The number of carbonyl (C=O) groups excluding carboxylic acids is 3. The Balaban J connectivity index is 1.51. The summed E-state index contributed by atoms with van der Waals surface area (Å²) >= 11 is 1.58. The quantitative estimate of drug-likeness (QED) is 0.726. The van der Waals surface area contributed by atoms with Crippen LogP contribution in [-0.4, -0.2) is 60.0 Å². The van der Waals surface area contributed by atoms with Crippen molar-refractivity contribution in [1.29, 1.82) is 0 Å². The topological polar surface area (TPSA) is 94.6 Å². The van der Waals surface area contributed by atoms with Gasteiger partial charge in [0.15, 0.2) is 5.13 Å². The van der Waals surface area contributed by atoms with Gasteiger partial charge in [-0.25, -0.2) is 9.78 Å². The summed E-state index contributed by atoms with van der Waals surface area (Å²) in [7, 11) is 0. The van der Waals surface area contributed by atoms with Crippen LogP contribution in [0.4, 0.5) is 9.93 Å². The molecule has 1 aromatic heterocycles. The summed E-state index contributed by atoms with van der Waals surface area (Å²) in [5, 5.41) is 7.45. The normalized spacial score (nSPS) is 22.2. The number of imide groups is 1. The summed E-state index contributed by atoms with van der Waals surface area (Å²) in [6.45, 7) is 2.65. The molecular weight excluding hydrogens is 294 g/mol. The van der Waals surface area contributed by atoms with Crippen LogP contribution in [0.15, 0.2) is 11.6 Å². The smallest absolute Gasteiger partial charge is 0.322 e. The molecule has 2 fully saturated rings. The van der Waals surface area contributed by atoms with Crippen molar-refractivity contribution in [2.75, 3.05) is 31.1 Å². The van der Waals surface area contributed by atoms with E-state index in [1.807, 2.05) is 5.38 Å². The molecule has 0 radical (unpaired) electrons. The number of thiazole rings is 1. The van der Waals surface area contributed by atoms with Crippen molar-refractivity contribution >= 4 is 34.3 Å². The highest BCUT2D eigenvalue weighted by atomic mass is 32.1. The molecule has 0 aromatic carbocycles. The second-order valence-corrected chi connectivity index (χ2v) is 5.77. The van der Waals surface area contributed by atoms with Crippen LogP contribution < -0.4 is 15.5 Å². The Morgan fingerprint density at radius 1 is 1.33 bits per heavy atom. The van der Waals surface area contributed by atoms with Crippen LogP contribution in [0.25, 0.3) is 0 Å². The first-order valence-electron chi connectivity index (χ1n) is 6.67.